The number of ether oxygens (including phenoxy) is 1. The molecule has 0 radical (unpaired) electrons. The lowest BCUT2D eigenvalue weighted by Crippen LogP contribution is -2.16. The van der Waals surface area contributed by atoms with E-state index in [0.717, 1.165) is 11.8 Å². The average molecular weight is 305 g/mol. The van der Waals surface area contributed by atoms with Gasteiger partial charge in [-0.3, -0.25) is 4.79 Å². The van der Waals surface area contributed by atoms with Crippen LogP contribution >= 0.6 is 11.8 Å². The van der Waals surface area contributed by atoms with Crippen molar-refractivity contribution in [1.29, 1.82) is 0 Å². The fourth-order valence-electron chi connectivity index (χ4n) is 1.37. The van der Waals surface area contributed by atoms with E-state index >= 15 is 0 Å². The van der Waals surface area contributed by atoms with Crippen molar-refractivity contribution >= 4 is 23.6 Å². The zero-order valence-corrected chi connectivity index (χ0v) is 12.5. The van der Waals surface area contributed by atoms with Crippen molar-refractivity contribution < 1.29 is 9.53 Å². The van der Waals surface area contributed by atoms with Crippen LogP contribution in [0.15, 0.2) is 35.5 Å². The first-order valence-corrected chi connectivity index (χ1v) is 7.10. The quantitative estimate of drug-likeness (QED) is 0.804. The van der Waals surface area contributed by atoms with E-state index in [9.17, 15) is 4.79 Å². The molecule has 1 amide bonds. The van der Waals surface area contributed by atoms with Crippen molar-refractivity contribution in [2.24, 2.45) is 5.73 Å². The molecule has 110 valence electrons. The molecular formula is C13H15N5O2S. The lowest BCUT2D eigenvalue weighted by molar-refractivity contribution is -0.115. The Morgan fingerprint density at radius 3 is 2.57 bits per heavy atom. The summed E-state index contributed by atoms with van der Waals surface area (Å²) in [5.41, 5.74) is 5.13. The molecule has 2 aromatic rings. The Kier molecular flexibility index (Phi) is 4.94. The van der Waals surface area contributed by atoms with Gasteiger partial charge < -0.3 is 15.4 Å². The van der Waals surface area contributed by atoms with E-state index in [2.05, 4.69) is 15.0 Å². The third kappa shape index (κ3) is 4.60. The summed E-state index contributed by atoms with van der Waals surface area (Å²) in [7, 11) is 3.62. The molecule has 0 saturated heterocycles. The van der Waals surface area contributed by atoms with Gasteiger partial charge in [-0.25, -0.2) is 0 Å². The van der Waals surface area contributed by atoms with E-state index in [-0.39, 0.29) is 11.8 Å². The fourth-order valence-corrected chi connectivity index (χ4v) is 1.93. The standard InChI is InChI=1S/C13H15N5O2S/c1-18(2)11-15-12(20-9-6-4-3-5-7-9)17-13(16-11)21-8-10(14)19/h3-7H,8H2,1-2H3,(H2,14,19). The highest BCUT2D eigenvalue weighted by molar-refractivity contribution is 7.99. The third-order valence-corrected chi connectivity index (χ3v) is 3.15. The minimum atomic E-state index is -0.433. The second-order valence-corrected chi connectivity index (χ2v) is 5.21. The van der Waals surface area contributed by atoms with E-state index < -0.39 is 5.91 Å². The number of rotatable bonds is 6. The Labute approximate surface area is 126 Å². The monoisotopic (exact) mass is 305 g/mol. The molecule has 0 spiro atoms. The molecule has 0 fully saturated rings. The Balaban J connectivity index is 2.24. The molecule has 21 heavy (non-hydrogen) atoms. The normalized spacial score (nSPS) is 10.2. The van der Waals surface area contributed by atoms with Gasteiger partial charge in [0.2, 0.25) is 11.9 Å². The van der Waals surface area contributed by atoms with E-state index in [0.29, 0.717) is 16.9 Å². The molecule has 7 nitrogen and oxygen atoms in total. The van der Waals surface area contributed by atoms with Crippen molar-refractivity contribution in [3.63, 3.8) is 0 Å². The van der Waals surface area contributed by atoms with Gasteiger partial charge >= 0.3 is 6.01 Å². The minimum Gasteiger partial charge on any atom is -0.424 e. The van der Waals surface area contributed by atoms with Crippen LogP contribution < -0.4 is 15.4 Å². The molecule has 0 aliphatic carbocycles. The van der Waals surface area contributed by atoms with E-state index in [1.807, 2.05) is 32.3 Å². The highest BCUT2D eigenvalue weighted by Gasteiger charge is 2.11. The molecule has 1 heterocycles. The van der Waals surface area contributed by atoms with E-state index in [1.165, 1.54) is 0 Å². The summed E-state index contributed by atoms with van der Waals surface area (Å²) in [6.07, 6.45) is 0. The highest BCUT2D eigenvalue weighted by Crippen LogP contribution is 2.22. The maximum absolute atomic E-state index is 10.9. The summed E-state index contributed by atoms with van der Waals surface area (Å²) in [6, 6.07) is 9.37. The van der Waals surface area contributed by atoms with Gasteiger partial charge in [0.05, 0.1) is 5.75 Å². The molecule has 2 N–H and O–H groups in total. The predicted molar refractivity (Wildman–Crippen MR) is 80.6 cm³/mol. The van der Waals surface area contributed by atoms with Crippen LogP contribution in [0.4, 0.5) is 5.95 Å². The highest BCUT2D eigenvalue weighted by atomic mass is 32.2. The number of primary amides is 1. The zero-order valence-electron chi connectivity index (χ0n) is 11.7. The zero-order chi connectivity index (χ0) is 15.2. The molecule has 2 rings (SSSR count). The smallest absolute Gasteiger partial charge is 0.327 e. The molecule has 8 heteroatoms. The fraction of sp³-hybridized carbons (Fsp3) is 0.231. The summed E-state index contributed by atoms with van der Waals surface area (Å²) >= 11 is 1.14. The maximum atomic E-state index is 10.9. The number of carbonyl (C=O) groups is 1. The Morgan fingerprint density at radius 2 is 1.95 bits per heavy atom. The van der Waals surface area contributed by atoms with Crippen molar-refractivity contribution in [3.05, 3.63) is 30.3 Å². The number of thioether (sulfide) groups is 1. The summed E-state index contributed by atoms with van der Waals surface area (Å²) < 4.78 is 5.60. The first-order valence-electron chi connectivity index (χ1n) is 6.12. The van der Waals surface area contributed by atoms with Crippen LogP contribution in [0.5, 0.6) is 11.8 Å². The molecule has 1 aromatic carbocycles. The molecule has 0 aliphatic heterocycles. The van der Waals surface area contributed by atoms with Gasteiger partial charge in [0, 0.05) is 14.1 Å². The molecule has 0 unspecified atom stereocenters. The predicted octanol–water partition coefficient (Wildman–Crippen LogP) is 1.31. The largest absolute Gasteiger partial charge is 0.424 e. The van der Waals surface area contributed by atoms with E-state index in [1.54, 1.807) is 17.0 Å². The number of aromatic nitrogens is 3. The van der Waals surface area contributed by atoms with Crippen molar-refractivity contribution in [2.45, 2.75) is 5.16 Å². The first kappa shape index (κ1) is 15.0. The van der Waals surface area contributed by atoms with Crippen molar-refractivity contribution in [3.8, 4) is 11.8 Å². The molecule has 0 bridgehead atoms. The number of nitrogens with two attached hydrogens (primary N) is 1. The second-order valence-electron chi connectivity index (χ2n) is 4.27. The Hall–Kier alpha value is -2.35. The van der Waals surface area contributed by atoms with Gasteiger partial charge in [0.15, 0.2) is 5.16 Å². The number of carbonyl (C=O) groups excluding carboxylic acids is 1. The topological polar surface area (TPSA) is 94.2 Å². The van der Waals surface area contributed by atoms with Gasteiger partial charge in [-0.05, 0) is 12.1 Å². The van der Waals surface area contributed by atoms with Crippen LogP contribution in [-0.4, -0.2) is 40.7 Å². The van der Waals surface area contributed by atoms with Gasteiger partial charge in [0.25, 0.3) is 0 Å². The van der Waals surface area contributed by atoms with Gasteiger partial charge in [-0.2, -0.15) is 15.0 Å². The Bertz CT molecular complexity index is 621. The van der Waals surface area contributed by atoms with Crippen molar-refractivity contribution in [2.75, 3.05) is 24.7 Å². The van der Waals surface area contributed by atoms with Crippen molar-refractivity contribution in [1.82, 2.24) is 15.0 Å². The van der Waals surface area contributed by atoms with E-state index in [4.69, 9.17) is 10.5 Å². The second kappa shape index (κ2) is 6.89. The number of hydrogen-bond acceptors (Lipinski definition) is 7. The van der Waals surface area contributed by atoms with Gasteiger partial charge in [-0.1, -0.05) is 30.0 Å². The van der Waals surface area contributed by atoms with Crippen LogP contribution in [0.2, 0.25) is 0 Å². The summed E-state index contributed by atoms with van der Waals surface area (Å²) in [4.78, 5) is 25.2. The SMILES string of the molecule is CN(C)c1nc(Oc2ccccc2)nc(SCC(N)=O)n1. The molecule has 0 atom stereocenters. The lowest BCUT2D eigenvalue weighted by atomic mass is 10.3. The van der Waals surface area contributed by atoms with Crippen LogP contribution in [0, 0.1) is 0 Å². The molecule has 0 saturated carbocycles. The number of para-hydroxylation sites is 1. The number of benzene rings is 1. The first-order chi connectivity index (χ1) is 10.0. The van der Waals surface area contributed by atoms with Crippen LogP contribution in [0.3, 0.4) is 0 Å². The van der Waals surface area contributed by atoms with Crippen LogP contribution in [-0.2, 0) is 4.79 Å². The summed E-state index contributed by atoms with van der Waals surface area (Å²) in [5.74, 6) is 0.737. The summed E-state index contributed by atoms with van der Waals surface area (Å²) in [6.45, 7) is 0. The number of nitrogens with zero attached hydrogens (tertiary/aromatic N) is 4. The molecular weight excluding hydrogens is 290 g/mol. The third-order valence-electron chi connectivity index (χ3n) is 2.28. The number of amides is 1. The van der Waals surface area contributed by atoms with Gasteiger partial charge in [-0.15, -0.1) is 0 Å². The Morgan fingerprint density at radius 1 is 1.24 bits per heavy atom. The number of hydrogen-bond donors (Lipinski definition) is 1. The average Bonchev–Trinajstić information content (AvgIpc) is 2.46. The molecule has 1 aromatic heterocycles. The maximum Gasteiger partial charge on any atom is 0.327 e. The molecule has 0 aliphatic rings. The lowest BCUT2D eigenvalue weighted by Gasteiger charge is -2.12. The minimum absolute atomic E-state index is 0.0989. The van der Waals surface area contributed by atoms with Crippen LogP contribution in [0.25, 0.3) is 0 Å². The summed E-state index contributed by atoms with van der Waals surface area (Å²) in [5, 5.41) is 0.387. The number of anilines is 1. The van der Waals surface area contributed by atoms with Gasteiger partial charge in [0.1, 0.15) is 5.75 Å². The van der Waals surface area contributed by atoms with Crippen LogP contribution in [0.1, 0.15) is 0 Å².